The summed E-state index contributed by atoms with van der Waals surface area (Å²) >= 11 is 0. The topological polar surface area (TPSA) is 38.9 Å². The van der Waals surface area contributed by atoms with Crippen molar-refractivity contribution in [2.45, 2.75) is 6.92 Å². The average Bonchev–Trinajstić information content (AvgIpc) is 2.85. The second-order valence-electron chi connectivity index (χ2n) is 4.83. The van der Waals surface area contributed by atoms with E-state index in [1.165, 1.54) is 0 Å². The predicted molar refractivity (Wildman–Crippen MR) is 79.5 cm³/mol. The number of pyridine rings is 2. The van der Waals surface area contributed by atoms with E-state index >= 15 is 0 Å². The van der Waals surface area contributed by atoms with Crippen LogP contribution in [0, 0.1) is 6.92 Å². The fraction of sp³-hybridized carbons (Fsp3) is 0.0588. The molecule has 0 saturated heterocycles. The van der Waals surface area contributed by atoms with Gasteiger partial charge in [-0.3, -0.25) is 9.97 Å². The molecule has 3 heterocycles. The molecule has 0 unspecified atom stereocenters. The molecule has 0 radical (unpaired) electrons. The first-order valence-corrected chi connectivity index (χ1v) is 6.52. The first kappa shape index (κ1) is 11.2. The number of para-hydroxylation sites is 1. The third-order valence-corrected chi connectivity index (χ3v) is 3.42. The number of benzene rings is 1. The maximum absolute atomic E-state index is 5.78. The Morgan fingerprint density at radius 1 is 0.850 bits per heavy atom. The molecule has 0 fully saturated rings. The third-order valence-electron chi connectivity index (χ3n) is 3.42. The highest BCUT2D eigenvalue weighted by molar-refractivity contribution is 6.05. The SMILES string of the molecule is Cc1cccc(-c2cc3c(cn2)oc2ccccc23)n1. The van der Waals surface area contributed by atoms with Crippen LogP contribution in [0.1, 0.15) is 5.69 Å². The molecular weight excluding hydrogens is 248 g/mol. The van der Waals surface area contributed by atoms with E-state index in [4.69, 9.17) is 4.42 Å². The molecule has 4 aromatic rings. The summed E-state index contributed by atoms with van der Waals surface area (Å²) in [6.07, 6.45) is 1.77. The number of rotatable bonds is 1. The summed E-state index contributed by atoms with van der Waals surface area (Å²) < 4.78 is 5.78. The van der Waals surface area contributed by atoms with Gasteiger partial charge in [0.25, 0.3) is 0 Å². The molecule has 1 aromatic carbocycles. The van der Waals surface area contributed by atoms with Crippen molar-refractivity contribution in [2.75, 3.05) is 0 Å². The van der Waals surface area contributed by atoms with Gasteiger partial charge in [0.1, 0.15) is 5.58 Å². The molecule has 20 heavy (non-hydrogen) atoms. The number of aromatic nitrogens is 2. The second-order valence-corrected chi connectivity index (χ2v) is 4.83. The Balaban J connectivity index is 2.00. The van der Waals surface area contributed by atoms with Crippen LogP contribution in [0.5, 0.6) is 0 Å². The van der Waals surface area contributed by atoms with E-state index in [9.17, 15) is 0 Å². The third kappa shape index (κ3) is 1.67. The van der Waals surface area contributed by atoms with Crippen molar-refractivity contribution >= 4 is 21.9 Å². The maximum atomic E-state index is 5.78. The highest BCUT2D eigenvalue weighted by atomic mass is 16.3. The predicted octanol–water partition coefficient (Wildman–Crippen LogP) is 4.35. The molecule has 0 aliphatic rings. The van der Waals surface area contributed by atoms with Gasteiger partial charge in [0.05, 0.1) is 17.6 Å². The van der Waals surface area contributed by atoms with Gasteiger partial charge >= 0.3 is 0 Å². The highest BCUT2D eigenvalue weighted by Crippen LogP contribution is 2.30. The van der Waals surface area contributed by atoms with Crippen LogP contribution in [0.2, 0.25) is 0 Å². The van der Waals surface area contributed by atoms with E-state index in [-0.39, 0.29) is 0 Å². The van der Waals surface area contributed by atoms with Gasteiger partial charge in [-0.05, 0) is 31.2 Å². The van der Waals surface area contributed by atoms with E-state index in [2.05, 4.69) is 16.0 Å². The highest BCUT2D eigenvalue weighted by Gasteiger charge is 2.09. The molecule has 0 N–H and O–H groups in total. The molecule has 0 atom stereocenters. The van der Waals surface area contributed by atoms with E-state index in [0.717, 1.165) is 39.0 Å². The summed E-state index contributed by atoms with van der Waals surface area (Å²) in [6.45, 7) is 1.98. The number of hydrogen-bond donors (Lipinski definition) is 0. The van der Waals surface area contributed by atoms with Crippen molar-refractivity contribution in [1.82, 2.24) is 9.97 Å². The summed E-state index contributed by atoms with van der Waals surface area (Å²) in [6, 6.07) is 16.0. The van der Waals surface area contributed by atoms with Crippen LogP contribution >= 0.6 is 0 Å². The molecule has 0 saturated carbocycles. The van der Waals surface area contributed by atoms with Gasteiger partial charge in [-0.25, -0.2) is 0 Å². The van der Waals surface area contributed by atoms with Crippen LogP contribution < -0.4 is 0 Å². The van der Waals surface area contributed by atoms with Crippen LogP contribution in [-0.2, 0) is 0 Å². The zero-order chi connectivity index (χ0) is 13.5. The first-order valence-electron chi connectivity index (χ1n) is 6.52. The minimum atomic E-state index is 0.808. The van der Waals surface area contributed by atoms with Crippen LogP contribution in [0.4, 0.5) is 0 Å². The molecule has 0 aliphatic carbocycles. The average molecular weight is 260 g/mol. The number of fused-ring (bicyclic) bond motifs is 3. The molecule has 3 aromatic heterocycles. The van der Waals surface area contributed by atoms with Crippen LogP contribution in [0.25, 0.3) is 33.3 Å². The molecule has 0 aliphatic heterocycles. The molecule has 4 rings (SSSR count). The first-order chi connectivity index (χ1) is 9.81. The smallest absolute Gasteiger partial charge is 0.153 e. The molecule has 96 valence electrons. The van der Waals surface area contributed by atoms with Crippen LogP contribution in [0.15, 0.2) is 59.1 Å². The largest absolute Gasteiger partial charge is 0.454 e. The van der Waals surface area contributed by atoms with Crippen molar-refractivity contribution in [2.24, 2.45) is 0 Å². The molecular formula is C17H12N2O. The van der Waals surface area contributed by atoms with Gasteiger partial charge in [-0.2, -0.15) is 0 Å². The van der Waals surface area contributed by atoms with Crippen molar-refractivity contribution in [3.05, 3.63) is 60.4 Å². The van der Waals surface area contributed by atoms with Gasteiger partial charge in [-0.15, -0.1) is 0 Å². The van der Waals surface area contributed by atoms with E-state index in [0.29, 0.717) is 0 Å². The Hall–Kier alpha value is -2.68. The number of hydrogen-bond acceptors (Lipinski definition) is 3. The Morgan fingerprint density at radius 2 is 1.75 bits per heavy atom. The fourth-order valence-electron chi connectivity index (χ4n) is 2.46. The van der Waals surface area contributed by atoms with Crippen molar-refractivity contribution in [1.29, 1.82) is 0 Å². The Bertz CT molecular complexity index is 924. The fourth-order valence-corrected chi connectivity index (χ4v) is 2.46. The minimum Gasteiger partial charge on any atom is -0.454 e. The maximum Gasteiger partial charge on any atom is 0.153 e. The van der Waals surface area contributed by atoms with Crippen LogP contribution in [-0.4, -0.2) is 9.97 Å². The van der Waals surface area contributed by atoms with Gasteiger partial charge in [0.2, 0.25) is 0 Å². The summed E-state index contributed by atoms with van der Waals surface area (Å²) in [7, 11) is 0. The van der Waals surface area contributed by atoms with Gasteiger partial charge in [0.15, 0.2) is 5.58 Å². The van der Waals surface area contributed by atoms with Gasteiger partial charge < -0.3 is 4.42 Å². The van der Waals surface area contributed by atoms with Gasteiger partial charge in [-0.1, -0.05) is 24.3 Å². The number of aryl methyl sites for hydroxylation is 1. The summed E-state index contributed by atoms with van der Waals surface area (Å²) in [5.41, 5.74) is 4.44. The van der Waals surface area contributed by atoms with Crippen molar-refractivity contribution in [3.8, 4) is 11.4 Å². The van der Waals surface area contributed by atoms with Crippen molar-refractivity contribution in [3.63, 3.8) is 0 Å². The Morgan fingerprint density at radius 3 is 2.65 bits per heavy atom. The quantitative estimate of drug-likeness (QED) is 0.510. The monoisotopic (exact) mass is 260 g/mol. The number of nitrogens with zero attached hydrogens (tertiary/aromatic N) is 2. The lowest BCUT2D eigenvalue weighted by Gasteiger charge is -2.01. The molecule has 0 bridgehead atoms. The lowest BCUT2D eigenvalue weighted by atomic mass is 10.1. The Kier molecular flexibility index (Phi) is 2.33. The van der Waals surface area contributed by atoms with Crippen molar-refractivity contribution < 1.29 is 4.42 Å². The van der Waals surface area contributed by atoms with Gasteiger partial charge in [0, 0.05) is 16.5 Å². The standard InChI is InChI=1S/C17H12N2O/c1-11-5-4-7-14(19-11)15-9-13-12-6-2-3-8-16(12)20-17(13)10-18-15/h2-10H,1H3. The number of furan rings is 1. The van der Waals surface area contributed by atoms with E-state index < -0.39 is 0 Å². The summed E-state index contributed by atoms with van der Waals surface area (Å²) in [5, 5.41) is 2.19. The molecule has 3 nitrogen and oxygen atoms in total. The van der Waals surface area contributed by atoms with Crippen LogP contribution in [0.3, 0.4) is 0 Å². The summed E-state index contributed by atoms with van der Waals surface area (Å²) in [4.78, 5) is 8.98. The Labute approximate surface area is 115 Å². The molecule has 0 spiro atoms. The van der Waals surface area contributed by atoms with E-state index in [1.54, 1.807) is 6.20 Å². The molecule has 0 amide bonds. The minimum absolute atomic E-state index is 0.808. The second kappa shape index (κ2) is 4.17. The normalized spacial score (nSPS) is 11.2. The lowest BCUT2D eigenvalue weighted by molar-refractivity contribution is 0.667. The zero-order valence-electron chi connectivity index (χ0n) is 11.0. The zero-order valence-corrected chi connectivity index (χ0v) is 11.0. The lowest BCUT2D eigenvalue weighted by Crippen LogP contribution is -1.88. The summed E-state index contributed by atoms with van der Waals surface area (Å²) in [5.74, 6) is 0. The van der Waals surface area contributed by atoms with E-state index in [1.807, 2.05) is 49.4 Å². The molecule has 3 heteroatoms.